The first-order valence-corrected chi connectivity index (χ1v) is 6.86. The van der Waals surface area contributed by atoms with Gasteiger partial charge in [-0.3, -0.25) is 9.69 Å². The number of likely N-dealkylation sites (tertiary alicyclic amines) is 1. The van der Waals surface area contributed by atoms with E-state index in [4.69, 9.17) is 0 Å². The Labute approximate surface area is 104 Å². The molecular weight excluding hydrogens is 214 g/mol. The number of carbonyl (C=O) groups excluding carboxylic acids is 1. The van der Waals surface area contributed by atoms with Gasteiger partial charge in [-0.25, -0.2) is 0 Å². The van der Waals surface area contributed by atoms with Crippen molar-refractivity contribution in [3.05, 3.63) is 0 Å². The number of carbonyl (C=O) groups is 1. The summed E-state index contributed by atoms with van der Waals surface area (Å²) in [5, 5.41) is 6.45. The highest BCUT2D eigenvalue weighted by Gasteiger charge is 2.43. The molecule has 2 rings (SSSR count). The second kappa shape index (κ2) is 5.36. The van der Waals surface area contributed by atoms with E-state index in [9.17, 15) is 4.79 Å². The normalized spacial score (nSPS) is 33.1. The molecule has 2 saturated heterocycles. The lowest BCUT2D eigenvalue weighted by Gasteiger charge is -2.26. The minimum absolute atomic E-state index is 0.173. The van der Waals surface area contributed by atoms with E-state index in [1.54, 1.807) is 0 Å². The highest BCUT2D eigenvalue weighted by molar-refractivity contribution is 5.78. The minimum Gasteiger partial charge on any atom is -0.353 e. The zero-order valence-corrected chi connectivity index (χ0v) is 11.2. The van der Waals surface area contributed by atoms with Gasteiger partial charge < -0.3 is 10.6 Å². The fourth-order valence-electron chi connectivity index (χ4n) is 3.41. The lowest BCUT2D eigenvalue weighted by atomic mass is 9.93. The molecule has 2 aliphatic heterocycles. The van der Waals surface area contributed by atoms with Crippen molar-refractivity contribution in [1.82, 2.24) is 15.5 Å². The summed E-state index contributed by atoms with van der Waals surface area (Å²) in [4.78, 5) is 14.2. The topological polar surface area (TPSA) is 44.4 Å². The van der Waals surface area contributed by atoms with E-state index in [1.165, 1.54) is 0 Å². The van der Waals surface area contributed by atoms with E-state index in [-0.39, 0.29) is 11.9 Å². The molecule has 1 amide bonds. The minimum atomic E-state index is 0.173. The maximum absolute atomic E-state index is 11.8. The largest absolute Gasteiger partial charge is 0.353 e. The molecule has 0 bridgehead atoms. The van der Waals surface area contributed by atoms with Crippen molar-refractivity contribution in [2.75, 3.05) is 26.2 Å². The molecule has 0 aromatic rings. The molecule has 3 unspecified atom stereocenters. The van der Waals surface area contributed by atoms with E-state index in [0.29, 0.717) is 12.6 Å². The Kier molecular flexibility index (Phi) is 4.05. The summed E-state index contributed by atoms with van der Waals surface area (Å²) in [7, 11) is 0. The van der Waals surface area contributed by atoms with E-state index in [0.717, 1.165) is 37.9 Å². The quantitative estimate of drug-likeness (QED) is 0.748. The lowest BCUT2D eigenvalue weighted by molar-refractivity contribution is -0.123. The predicted octanol–water partition coefficient (Wildman–Crippen LogP) is 0.441. The van der Waals surface area contributed by atoms with Gasteiger partial charge >= 0.3 is 0 Å². The van der Waals surface area contributed by atoms with Gasteiger partial charge in [0.15, 0.2) is 0 Å². The highest BCUT2D eigenvalue weighted by Crippen LogP contribution is 2.33. The molecule has 2 heterocycles. The summed E-state index contributed by atoms with van der Waals surface area (Å²) in [6.07, 6.45) is 1.15. The van der Waals surface area contributed by atoms with E-state index >= 15 is 0 Å². The Morgan fingerprint density at radius 3 is 2.88 bits per heavy atom. The van der Waals surface area contributed by atoms with Crippen molar-refractivity contribution in [2.45, 2.75) is 39.3 Å². The van der Waals surface area contributed by atoms with Gasteiger partial charge in [-0.2, -0.15) is 0 Å². The van der Waals surface area contributed by atoms with Gasteiger partial charge in [0.25, 0.3) is 0 Å². The molecule has 4 heteroatoms. The van der Waals surface area contributed by atoms with Crippen LogP contribution in [0, 0.1) is 11.8 Å². The van der Waals surface area contributed by atoms with Crippen molar-refractivity contribution >= 4 is 5.91 Å². The summed E-state index contributed by atoms with van der Waals surface area (Å²) < 4.78 is 0. The van der Waals surface area contributed by atoms with Crippen LogP contribution in [0.4, 0.5) is 0 Å². The Morgan fingerprint density at radius 2 is 2.24 bits per heavy atom. The molecule has 0 aliphatic carbocycles. The number of hydrogen-bond donors (Lipinski definition) is 2. The first-order chi connectivity index (χ1) is 8.11. The molecule has 0 saturated carbocycles. The first-order valence-electron chi connectivity index (χ1n) is 6.86. The number of fused-ring (bicyclic) bond motifs is 1. The van der Waals surface area contributed by atoms with Crippen molar-refractivity contribution < 1.29 is 4.79 Å². The number of rotatable bonds is 4. The van der Waals surface area contributed by atoms with E-state index in [1.807, 2.05) is 13.8 Å². The van der Waals surface area contributed by atoms with Crippen molar-refractivity contribution in [3.8, 4) is 0 Å². The third-order valence-electron chi connectivity index (χ3n) is 4.04. The number of amides is 1. The SMILES string of the molecule is CCC1C2CNCC2CN1CC(=O)NC(C)C. The third kappa shape index (κ3) is 2.80. The molecule has 2 aliphatic rings. The van der Waals surface area contributed by atoms with Crippen molar-refractivity contribution in [2.24, 2.45) is 11.8 Å². The van der Waals surface area contributed by atoms with Crippen LogP contribution in [0.25, 0.3) is 0 Å². The van der Waals surface area contributed by atoms with E-state index < -0.39 is 0 Å². The van der Waals surface area contributed by atoms with Crippen molar-refractivity contribution in [3.63, 3.8) is 0 Å². The van der Waals surface area contributed by atoms with Crippen LogP contribution in [-0.2, 0) is 4.79 Å². The zero-order chi connectivity index (χ0) is 12.4. The fourth-order valence-corrected chi connectivity index (χ4v) is 3.41. The van der Waals surface area contributed by atoms with Crippen LogP contribution in [-0.4, -0.2) is 49.1 Å². The summed E-state index contributed by atoms with van der Waals surface area (Å²) in [5.41, 5.74) is 0. The second-order valence-electron chi connectivity index (χ2n) is 5.71. The molecule has 2 N–H and O–H groups in total. The molecule has 2 fully saturated rings. The van der Waals surface area contributed by atoms with Crippen LogP contribution in [0.3, 0.4) is 0 Å². The average molecular weight is 239 g/mol. The van der Waals surface area contributed by atoms with Crippen LogP contribution >= 0.6 is 0 Å². The molecule has 17 heavy (non-hydrogen) atoms. The molecular formula is C13H25N3O. The maximum atomic E-state index is 11.8. The molecule has 0 spiro atoms. The molecule has 0 radical (unpaired) electrons. The number of nitrogens with one attached hydrogen (secondary N) is 2. The van der Waals surface area contributed by atoms with Gasteiger partial charge in [-0.05, 0) is 45.2 Å². The molecule has 4 nitrogen and oxygen atoms in total. The van der Waals surface area contributed by atoms with Crippen LogP contribution in [0.2, 0.25) is 0 Å². The van der Waals surface area contributed by atoms with Crippen LogP contribution in [0.5, 0.6) is 0 Å². The van der Waals surface area contributed by atoms with Gasteiger partial charge in [-0.15, -0.1) is 0 Å². The highest BCUT2D eigenvalue weighted by atomic mass is 16.2. The van der Waals surface area contributed by atoms with Crippen LogP contribution in [0.1, 0.15) is 27.2 Å². The average Bonchev–Trinajstić information content (AvgIpc) is 2.75. The Bertz CT molecular complexity index is 280. The lowest BCUT2D eigenvalue weighted by Crippen LogP contribution is -2.43. The van der Waals surface area contributed by atoms with Gasteiger partial charge in [0.1, 0.15) is 0 Å². The van der Waals surface area contributed by atoms with Crippen molar-refractivity contribution in [1.29, 1.82) is 0 Å². The third-order valence-corrected chi connectivity index (χ3v) is 4.04. The van der Waals surface area contributed by atoms with Crippen LogP contribution in [0.15, 0.2) is 0 Å². The number of nitrogens with zero attached hydrogens (tertiary/aromatic N) is 1. The molecule has 0 aromatic heterocycles. The Balaban J connectivity index is 1.90. The van der Waals surface area contributed by atoms with E-state index in [2.05, 4.69) is 22.5 Å². The Hall–Kier alpha value is -0.610. The molecule has 98 valence electrons. The van der Waals surface area contributed by atoms with Gasteiger partial charge in [-0.1, -0.05) is 6.92 Å². The summed E-state index contributed by atoms with van der Waals surface area (Å²) in [6.45, 7) is 10.2. The smallest absolute Gasteiger partial charge is 0.234 e. The summed E-state index contributed by atoms with van der Waals surface area (Å²) in [5.74, 6) is 1.69. The fraction of sp³-hybridized carbons (Fsp3) is 0.923. The first kappa shape index (κ1) is 12.8. The zero-order valence-electron chi connectivity index (χ0n) is 11.2. The molecule has 3 atom stereocenters. The van der Waals surface area contributed by atoms with Gasteiger partial charge in [0.05, 0.1) is 6.54 Å². The van der Waals surface area contributed by atoms with Gasteiger partial charge in [0.2, 0.25) is 5.91 Å². The predicted molar refractivity (Wildman–Crippen MR) is 68.8 cm³/mol. The summed E-state index contributed by atoms with van der Waals surface area (Å²) in [6, 6.07) is 0.833. The summed E-state index contributed by atoms with van der Waals surface area (Å²) >= 11 is 0. The second-order valence-corrected chi connectivity index (χ2v) is 5.71. The van der Waals surface area contributed by atoms with Gasteiger partial charge in [0, 0.05) is 18.6 Å². The van der Waals surface area contributed by atoms with Crippen LogP contribution < -0.4 is 10.6 Å². The Morgan fingerprint density at radius 1 is 1.47 bits per heavy atom. The monoisotopic (exact) mass is 239 g/mol. The standard InChI is InChI=1S/C13H25N3O/c1-4-12-11-6-14-5-10(11)7-16(12)8-13(17)15-9(2)3/h9-12,14H,4-8H2,1-3H3,(H,15,17). The number of hydrogen-bond acceptors (Lipinski definition) is 3. The molecule has 0 aromatic carbocycles. The maximum Gasteiger partial charge on any atom is 0.234 e.